The number of aliphatic hydroxyl groups is 1. The minimum atomic E-state index is -6.15. The van der Waals surface area contributed by atoms with Crippen molar-refractivity contribution in [3.8, 4) is 11.1 Å². The Morgan fingerprint density at radius 3 is 2.17 bits per heavy atom. The van der Waals surface area contributed by atoms with Gasteiger partial charge in [-0.1, -0.05) is 77.8 Å². The largest absolute Gasteiger partial charge is 0.611 e. The van der Waals surface area contributed by atoms with Crippen molar-refractivity contribution in [1.82, 2.24) is 10.2 Å². The van der Waals surface area contributed by atoms with Crippen LogP contribution in [0.2, 0.25) is 10.0 Å². The molecule has 0 aromatic heterocycles. The highest BCUT2D eigenvalue weighted by Gasteiger charge is 2.74. The van der Waals surface area contributed by atoms with E-state index in [1.807, 2.05) is 0 Å². The van der Waals surface area contributed by atoms with Gasteiger partial charge < -0.3 is 35.7 Å². The number of nitrogens with zero attached hydrogens (tertiary/aromatic N) is 3. The second-order valence-corrected chi connectivity index (χ2v) is 16.8. The molecule has 63 heavy (non-hydrogen) atoms. The number of carbonyl (C=O) groups is 3. The fourth-order valence-corrected chi connectivity index (χ4v) is 8.22. The third-order valence-corrected chi connectivity index (χ3v) is 12.0. The summed E-state index contributed by atoms with van der Waals surface area (Å²) < 4.78 is 102. The summed E-state index contributed by atoms with van der Waals surface area (Å²) in [5.41, 5.74) is 0.731. The zero-order valence-corrected chi connectivity index (χ0v) is 35.8. The first-order valence-electron chi connectivity index (χ1n) is 19.3. The lowest BCUT2D eigenvalue weighted by atomic mass is 9.89. The molecular weight excluding hydrogens is 901 g/mol. The van der Waals surface area contributed by atoms with Crippen molar-refractivity contribution < 1.29 is 55.1 Å². The molecule has 5 rings (SSSR count). The van der Waals surface area contributed by atoms with E-state index < -0.39 is 59.4 Å². The lowest BCUT2D eigenvalue weighted by molar-refractivity contribution is -0.338. The van der Waals surface area contributed by atoms with E-state index >= 15 is 0 Å². The Labute approximate surface area is 371 Å². The number of hydrazone groups is 1. The Bertz CT molecular complexity index is 2240. The zero-order chi connectivity index (χ0) is 46.1. The molecule has 0 saturated carbocycles. The number of anilines is 2. The number of rotatable bonds is 17. The number of hydrogen-bond donors (Lipinski definition) is 4. The van der Waals surface area contributed by atoms with Gasteiger partial charge in [0.15, 0.2) is 4.90 Å². The van der Waals surface area contributed by atoms with Crippen LogP contribution < -0.4 is 21.4 Å². The average molecular weight is 944 g/mol. The van der Waals surface area contributed by atoms with Crippen molar-refractivity contribution in [1.29, 1.82) is 0 Å². The van der Waals surface area contributed by atoms with Gasteiger partial charge in [-0.2, -0.15) is 31.4 Å². The monoisotopic (exact) mass is 942 g/mol. The Balaban J connectivity index is 1.15. The van der Waals surface area contributed by atoms with Gasteiger partial charge >= 0.3 is 24.5 Å². The molecule has 1 aliphatic rings. The number of nitrogens with one attached hydrogen (secondary N) is 2. The van der Waals surface area contributed by atoms with E-state index in [0.717, 1.165) is 5.01 Å². The van der Waals surface area contributed by atoms with Crippen LogP contribution in [0.25, 0.3) is 11.1 Å². The number of para-hydroxylation sites is 1. The van der Waals surface area contributed by atoms with Crippen LogP contribution in [0.1, 0.15) is 49.3 Å². The third-order valence-electron chi connectivity index (χ3n) is 9.91. The Hall–Kier alpha value is -5.21. The number of primary amides is 1. The van der Waals surface area contributed by atoms with Gasteiger partial charge in [-0.05, 0) is 76.6 Å². The van der Waals surface area contributed by atoms with Crippen molar-refractivity contribution in [3.05, 3.63) is 112 Å². The summed E-state index contributed by atoms with van der Waals surface area (Å²) in [6.07, 6.45) is -12.1. The van der Waals surface area contributed by atoms with Crippen LogP contribution in [0.4, 0.5) is 47.3 Å². The van der Waals surface area contributed by atoms with E-state index in [-0.39, 0.29) is 52.5 Å². The smallest absolute Gasteiger partial charge is 0.431 e. The molecule has 5 N–H and O–H groups in total. The number of amides is 4. The van der Waals surface area contributed by atoms with Crippen LogP contribution in [0, 0.1) is 0 Å². The zero-order valence-electron chi connectivity index (χ0n) is 33.4. The van der Waals surface area contributed by atoms with Gasteiger partial charge in [0, 0.05) is 51.2 Å². The second kappa shape index (κ2) is 21.0. The minimum Gasteiger partial charge on any atom is -0.611 e. The first-order chi connectivity index (χ1) is 29.7. The molecule has 0 radical (unpaired) electrons. The van der Waals surface area contributed by atoms with Crippen molar-refractivity contribution in [3.63, 3.8) is 0 Å². The normalized spacial score (nSPS) is 14.8. The lowest BCUT2D eigenvalue weighted by Gasteiger charge is -2.32. The number of carbonyl (C=O) groups excluding carboxylic acids is 3. The number of nitrogens with two attached hydrogens (primary N) is 1. The van der Waals surface area contributed by atoms with Crippen LogP contribution in [-0.2, 0) is 27.3 Å². The van der Waals surface area contributed by atoms with Crippen molar-refractivity contribution in [2.24, 2.45) is 10.8 Å². The second-order valence-electron chi connectivity index (χ2n) is 14.4. The number of ether oxygens (including phenoxy) is 1. The summed E-state index contributed by atoms with van der Waals surface area (Å²) in [7, 11) is 1.55. The van der Waals surface area contributed by atoms with Crippen LogP contribution in [0.5, 0.6) is 0 Å². The van der Waals surface area contributed by atoms with Gasteiger partial charge in [-0.3, -0.25) is 9.80 Å². The molecule has 2 unspecified atom stereocenters. The summed E-state index contributed by atoms with van der Waals surface area (Å²) in [4.78, 5) is 37.3. The average Bonchev–Trinajstić information content (AvgIpc) is 3.67. The predicted octanol–water partition coefficient (Wildman–Crippen LogP) is 9.37. The minimum absolute atomic E-state index is 0.0209. The standard InChI is InChI=1S/C42H42Cl2F6N6O6S/c1-55(39(59)62-25-26-12-18-30(19-13-26)53-36(57)11-2-3-20-52-38(51)58)21-6-22-63(61)31-8-4-7-29(23-31)27-14-16-28(17-15-27)34-24-35(40(60,41(45,46)47)42(48,49)50)54-56(34)37-32(43)9-5-10-33(37)44/h4-5,7-10,12-19,23,34,60H,2-3,6,11,20-22,24-25H2,1H3,(H,53,57)(H3,51,52,58). The number of benzene rings is 4. The summed E-state index contributed by atoms with van der Waals surface area (Å²) in [5.74, 6) is 0.0114. The van der Waals surface area contributed by atoms with Gasteiger partial charge in [0.05, 0.1) is 27.5 Å². The van der Waals surface area contributed by atoms with Crippen LogP contribution in [0.3, 0.4) is 0 Å². The quantitative estimate of drug-likeness (QED) is 0.0464. The SMILES string of the molecule is CN(CCC[S+]([O-])c1cccc(-c2ccc(C3CC(C(O)(C(F)(F)F)C(F)(F)F)=NN3c3c(Cl)cccc3Cl)cc2)c1)C(=O)OCc1ccc(NC(=O)CCCCNC(N)=O)cc1. The van der Waals surface area contributed by atoms with E-state index in [9.17, 15) is 50.4 Å². The van der Waals surface area contributed by atoms with E-state index in [0.29, 0.717) is 53.1 Å². The summed E-state index contributed by atoms with van der Waals surface area (Å²) in [6.45, 7) is 0.601. The molecule has 4 amide bonds. The molecule has 2 atom stereocenters. The summed E-state index contributed by atoms with van der Waals surface area (Å²) in [6, 6.07) is 21.9. The third kappa shape index (κ3) is 12.3. The van der Waals surface area contributed by atoms with Gasteiger partial charge in [0.2, 0.25) is 5.91 Å². The highest BCUT2D eigenvalue weighted by atomic mass is 35.5. The molecule has 0 spiro atoms. The van der Waals surface area contributed by atoms with E-state index in [4.69, 9.17) is 33.7 Å². The number of alkyl halides is 6. The summed E-state index contributed by atoms with van der Waals surface area (Å²) in [5, 5.41) is 19.7. The molecule has 338 valence electrons. The molecular formula is C42H42Cl2F6N6O6S. The lowest BCUT2D eigenvalue weighted by Crippen LogP contribution is -2.62. The van der Waals surface area contributed by atoms with Crippen LogP contribution >= 0.6 is 23.2 Å². The van der Waals surface area contributed by atoms with Crippen LogP contribution in [0.15, 0.2) is 101 Å². The van der Waals surface area contributed by atoms with E-state index in [2.05, 4.69) is 15.7 Å². The van der Waals surface area contributed by atoms with E-state index in [1.165, 1.54) is 35.2 Å². The molecule has 4 aromatic rings. The molecule has 21 heteroatoms. The molecule has 0 aliphatic carbocycles. The molecule has 1 heterocycles. The maximum Gasteiger partial charge on any atom is 0.431 e. The Kier molecular flexibility index (Phi) is 16.3. The van der Waals surface area contributed by atoms with Gasteiger partial charge in [0.25, 0.3) is 5.60 Å². The fourth-order valence-electron chi connectivity index (χ4n) is 6.53. The van der Waals surface area contributed by atoms with Crippen LogP contribution in [-0.4, -0.2) is 82.1 Å². The molecule has 0 saturated heterocycles. The Morgan fingerprint density at radius 2 is 1.56 bits per heavy atom. The van der Waals surface area contributed by atoms with Gasteiger partial charge in [0.1, 0.15) is 12.4 Å². The number of hydrogen-bond acceptors (Lipinski definition) is 8. The van der Waals surface area contributed by atoms with Crippen molar-refractivity contribution in [2.45, 2.75) is 67.6 Å². The number of unbranched alkanes of at least 4 members (excludes halogenated alkanes) is 1. The van der Waals surface area contributed by atoms with Gasteiger partial charge in [-0.15, -0.1) is 0 Å². The van der Waals surface area contributed by atoms with Gasteiger partial charge in [-0.25, -0.2) is 9.59 Å². The van der Waals surface area contributed by atoms with E-state index in [1.54, 1.807) is 67.7 Å². The number of urea groups is 1. The number of halogens is 8. The molecule has 0 bridgehead atoms. The van der Waals surface area contributed by atoms with Crippen molar-refractivity contribution >= 4 is 69.5 Å². The molecule has 0 fully saturated rings. The molecule has 12 nitrogen and oxygen atoms in total. The molecule has 1 aliphatic heterocycles. The molecule has 4 aromatic carbocycles. The maximum absolute atomic E-state index is 13.9. The highest BCUT2D eigenvalue weighted by molar-refractivity contribution is 7.91. The van der Waals surface area contributed by atoms with Crippen molar-refractivity contribution in [2.75, 3.05) is 36.2 Å². The topological polar surface area (TPSA) is 173 Å². The predicted molar refractivity (Wildman–Crippen MR) is 228 cm³/mol. The Morgan fingerprint density at radius 1 is 0.921 bits per heavy atom. The maximum atomic E-state index is 13.9. The first-order valence-corrected chi connectivity index (χ1v) is 21.3. The summed E-state index contributed by atoms with van der Waals surface area (Å²) >= 11 is 11.1. The first kappa shape index (κ1) is 48.8. The highest BCUT2D eigenvalue weighted by Crippen LogP contribution is 2.50. The fraction of sp³-hybridized carbons (Fsp3) is 0.333.